The highest BCUT2D eigenvalue weighted by Gasteiger charge is 1.96. The Morgan fingerprint density at radius 2 is 1.35 bits per heavy atom. The minimum atomic E-state index is -0.881. The van der Waals surface area contributed by atoms with Crippen LogP contribution in [0.1, 0.15) is 63.5 Å². The molecule has 0 bridgehead atoms. The molecule has 0 aliphatic carbocycles. The normalized spacial score (nSPS) is 10.7. The van der Waals surface area contributed by atoms with Gasteiger partial charge in [-0.15, -0.1) is 0 Å². The fourth-order valence-corrected chi connectivity index (χ4v) is 2.61. The van der Waals surface area contributed by atoms with Crippen LogP contribution in [0, 0.1) is 0 Å². The van der Waals surface area contributed by atoms with Crippen LogP contribution in [0.2, 0.25) is 0 Å². The summed E-state index contributed by atoms with van der Waals surface area (Å²) in [7, 11) is 0. The Hall–Kier alpha value is -3.66. The zero-order valence-electron chi connectivity index (χ0n) is 20.4. The van der Waals surface area contributed by atoms with Crippen molar-refractivity contribution in [3.63, 3.8) is 0 Å². The molecule has 0 aliphatic rings. The van der Waals surface area contributed by atoms with Gasteiger partial charge in [-0.1, -0.05) is 125 Å². The van der Waals surface area contributed by atoms with Crippen LogP contribution in [0.15, 0.2) is 97.1 Å². The lowest BCUT2D eigenvalue weighted by Gasteiger charge is -1.99. The minimum absolute atomic E-state index is 0.812. The van der Waals surface area contributed by atoms with Crippen LogP contribution in [0.25, 0.3) is 12.2 Å². The van der Waals surface area contributed by atoms with E-state index in [1.165, 1.54) is 17.7 Å². The first kappa shape index (κ1) is 30.3. The highest BCUT2D eigenvalue weighted by atomic mass is 16.4. The lowest BCUT2D eigenvalue weighted by molar-refractivity contribution is -0.132. The van der Waals surface area contributed by atoms with Crippen LogP contribution < -0.4 is 0 Å². The second-order valence-electron chi connectivity index (χ2n) is 7.40. The Labute approximate surface area is 204 Å². The summed E-state index contributed by atoms with van der Waals surface area (Å²) in [6.45, 7) is 7.81. The standard InChI is InChI=1S/C15H18O2.C8H8.C7H12O2/c1-2-3-7-14(12-15(16)17)11-10-13-8-5-4-6-9-13;1-2-8-6-4-3-5-7-8;1-2-3-4-5-6-7(8)9/h4-6,8-12H,2-3,7H2,1H3,(H,16,17);2-7H,1H2;5-6H,2-4H2,1H3,(H,8,9). The van der Waals surface area contributed by atoms with E-state index < -0.39 is 11.9 Å². The predicted octanol–water partition coefficient (Wildman–Crippen LogP) is 8.05. The van der Waals surface area contributed by atoms with Crippen molar-refractivity contribution in [1.82, 2.24) is 0 Å². The van der Waals surface area contributed by atoms with Gasteiger partial charge in [0, 0.05) is 12.2 Å². The molecule has 0 radical (unpaired) electrons. The minimum Gasteiger partial charge on any atom is -0.478 e. The Morgan fingerprint density at radius 1 is 0.794 bits per heavy atom. The molecular formula is C30H38O4. The third-order valence-electron chi connectivity index (χ3n) is 4.44. The molecule has 2 aromatic rings. The fraction of sp³-hybridized carbons (Fsp3) is 0.267. The van der Waals surface area contributed by atoms with Crippen molar-refractivity contribution in [2.75, 3.05) is 0 Å². The Kier molecular flexibility index (Phi) is 18.9. The van der Waals surface area contributed by atoms with Crippen molar-refractivity contribution < 1.29 is 19.8 Å². The van der Waals surface area contributed by atoms with Gasteiger partial charge in [-0.05, 0) is 36.0 Å². The Morgan fingerprint density at radius 3 is 1.79 bits per heavy atom. The molecule has 0 fully saturated rings. The van der Waals surface area contributed by atoms with Crippen molar-refractivity contribution >= 4 is 24.1 Å². The molecule has 2 aromatic carbocycles. The maximum absolute atomic E-state index is 10.7. The summed E-state index contributed by atoms with van der Waals surface area (Å²) < 4.78 is 0. The van der Waals surface area contributed by atoms with E-state index in [0.29, 0.717) is 0 Å². The van der Waals surface area contributed by atoms with Crippen molar-refractivity contribution in [1.29, 1.82) is 0 Å². The van der Waals surface area contributed by atoms with E-state index in [1.54, 1.807) is 6.08 Å². The number of unbranched alkanes of at least 4 members (excludes halogenated alkanes) is 3. The maximum atomic E-state index is 10.7. The molecule has 2 rings (SSSR count). The molecule has 34 heavy (non-hydrogen) atoms. The molecular weight excluding hydrogens is 424 g/mol. The van der Waals surface area contributed by atoms with E-state index in [4.69, 9.17) is 10.2 Å². The first-order valence-corrected chi connectivity index (χ1v) is 11.7. The van der Waals surface area contributed by atoms with E-state index in [9.17, 15) is 9.59 Å². The monoisotopic (exact) mass is 462 g/mol. The number of hydrogen-bond donors (Lipinski definition) is 2. The summed E-state index contributed by atoms with van der Waals surface area (Å²) in [6, 6.07) is 19.9. The number of carbonyl (C=O) groups is 2. The van der Waals surface area contributed by atoms with E-state index in [-0.39, 0.29) is 0 Å². The number of allylic oxidation sites excluding steroid dienone is 3. The van der Waals surface area contributed by atoms with Gasteiger partial charge in [0.05, 0.1) is 0 Å². The van der Waals surface area contributed by atoms with Gasteiger partial charge in [0.15, 0.2) is 0 Å². The van der Waals surface area contributed by atoms with Crippen molar-refractivity contribution in [2.45, 2.75) is 52.4 Å². The number of carboxylic acids is 2. The van der Waals surface area contributed by atoms with E-state index in [2.05, 4.69) is 20.4 Å². The lowest BCUT2D eigenvalue weighted by atomic mass is 10.1. The summed E-state index contributed by atoms with van der Waals surface area (Å²) in [5.74, 6) is -1.74. The van der Waals surface area contributed by atoms with Gasteiger partial charge in [0.25, 0.3) is 0 Å². The molecule has 182 valence electrons. The molecule has 0 spiro atoms. The van der Waals surface area contributed by atoms with E-state index in [0.717, 1.165) is 49.7 Å². The third-order valence-corrected chi connectivity index (χ3v) is 4.44. The zero-order valence-corrected chi connectivity index (χ0v) is 20.4. The number of hydrogen-bond acceptors (Lipinski definition) is 2. The molecule has 0 saturated carbocycles. The summed E-state index contributed by atoms with van der Waals surface area (Å²) in [5.41, 5.74) is 3.12. The van der Waals surface area contributed by atoms with Crippen LogP contribution in [0.4, 0.5) is 0 Å². The van der Waals surface area contributed by atoms with Gasteiger partial charge in [-0.2, -0.15) is 0 Å². The predicted molar refractivity (Wildman–Crippen MR) is 144 cm³/mol. The Bertz CT molecular complexity index is 894. The number of aliphatic carboxylic acids is 2. The molecule has 2 N–H and O–H groups in total. The van der Waals surface area contributed by atoms with Gasteiger partial charge in [-0.25, -0.2) is 9.59 Å². The van der Waals surface area contributed by atoms with Crippen molar-refractivity contribution in [3.05, 3.63) is 108 Å². The van der Waals surface area contributed by atoms with Gasteiger partial charge in [0.1, 0.15) is 0 Å². The van der Waals surface area contributed by atoms with Crippen LogP contribution in [-0.2, 0) is 9.59 Å². The molecule has 4 nitrogen and oxygen atoms in total. The number of benzene rings is 2. The average Bonchev–Trinajstić information content (AvgIpc) is 2.85. The second-order valence-corrected chi connectivity index (χ2v) is 7.40. The highest BCUT2D eigenvalue weighted by molar-refractivity contribution is 5.81. The van der Waals surface area contributed by atoms with Crippen LogP contribution in [0.3, 0.4) is 0 Å². The van der Waals surface area contributed by atoms with E-state index in [1.807, 2.05) is 78.9 Å². The van der Waals surface area contributed by atoms with Crippen LogP contribution in [-0.4, -0.2) is 22.2 Å². The summed E-state index contributed by atoms with van der Waals surface area (Å²) in [5, 5.41) is 16.9. The quantitative estimate of drug-likeness (QED) is 0.201. The SMILES string of the molecule is C=Cc1ccccc1.CCCCC(C=Cc1ccccc1)=CC(=O)O.CCCCC=CC(=O)O. The van der Waals surface area contributed by atoms with Crippen molar-refractivity contribution in [3.8, 4) is 0 Å². The second kappa shape index (κ2) is 21.2. The molecule has 0 aromatic heterocycles. The number of rotatable bonds is 11. The van der Waals surface area contributed by atoms with Gasteiger partial charge in [0.2, 0.25) is 0 Å². The largest absolute Gasteiger partial charge is 0.478 e. The van der Waals surface area contributed by atoms with Crippen LogP contribution in [0.5, 0.6) is 0 Å². The van der Waals surface area contributed by atoms with Gasteiger partial charge < -0.3 is 10.2 Å². The highest BCUT2D eigenvalue weighted by Crippen LogP contribution is 2.11. The smallest absolute Gasteiger partial charge is 0.328 e. The molecule has 0 saturated heterocycles. The maximum Gasteiger partial charge on any atom is 0.328 e. The van der Waals surface area contributed by atoms with Gasteiger partial charge >= 0.3 is 11.9 Å². The molecule has 0 amide bonds. The van der Waals surface area contributed by atoms with Crippen LogP contribution >= 0.6 is 0 Å². The topological polar surface area (TPSA) is 74.6 Å². The molecule has 4 heteroatoms. The number of carboxylic acid groups (broad SMARTS) is 2. The first-order valence-electron chi connectivity index (χ1n) is 11.7. The summed E-state index contributed by atoms with van der Waals surface area (Å²) >= 11 is 0. The zero-order chi connectivity index (χ0) is 25.4. The first-order chi connectivity index (χ1) is 16.4. The molecule has 0 aliphatic heterocycles. The molecule has 0 atom stereocenters. The summed E-state index contributed by atoms with van der Waals surface area (Å²) in [6.07, 6.45) is 15.8. The lowest BCUT2D eigenvalue weighted by Crippen LogP contribution is -1.91. The van der Waals surface area contributed by atoms with Gasteiger partial charge in [-0.3, -0.25) is 0 Å². The van der Waals surface area contributed by atoms with E-state index >= 15 is 0 Å². The third kappa shape index (κ3) is 19.1. The fourth-order valence-electron chi connectivity index (χ4n) is 2.61. The average molecular weight is 463 g/mol. The summed E-state index contributed by atoms with van der Waals surface area (Å²) in [4.78, 5) is 20.5. The molecule has 0 heterocycles. The molecule has 0 unspecified atom stereocenters. The van der Waals surface area contributed by atoms with Crippen molar-refractivity contribution in [2.24, 2.45) is 0 Å². The Balaban J connectivity index is 0.000000537.